The maximum Gasteiger partial charge on any atom is 0.269 e. The number of nitrogens with zero attached hydrogens (tertiary/aromatic N) is 5. The molecule has 0 saturated carbocycles. The first-order valence-electron chi connectivity index (χ1n) is 11.6. The summed E-state index contributed by atoms with van der Waals surface area (Å²) in [4.78, 5) is 35.7. The summed E-state index contributed by atoms with van der Waals surface area (Å²) in [5, 5.41) is 10.6. The zero-order valence-corrected chi connectivity index (χ0v) is 19.8. The molecule has 2 aliphatic rings. The highest BCUT2D eigenvalue weighted by Gasteiger charge is 2.29. The van der Waals surface area contributed by atoms with E-state index in [0.29, 0.717) is 5.92 Å². The molecule has 1 amide bonds. The summed E-state index contributed by atoms with van der Waals surface area (Å²) in [6.45, 7) is 8.59. The van der Waals surface area contributed by atoms with Crippen molar-refractivity contribution in [2.45, 2.75) is 29.9 Å². The molecule has 176 valence electrons. The minimum absolute atomic E-state index is 0.0677. The highest BCUT2D eigenvalue weighted by atomic mass is 32.2. The van der Waals surface area contributed by atoms with Gasteiger partial charge in [-0.15, -0.1) is 11.8 Å². The number of likely N-dealkylation sites (tertiary alicyclic amines) is 1. The maximum absolute atomic E-state index is 13.1. The van der Waals surface area contributed by atoms with E-state index in [-0.39, 0.29) is 16.8 Å². The predicted molar refractivity (Wildman–Crippen MR) is 131 cm³/mol. The quantitative estimate of drug-likeness (QED) is 0.348. The topological polar surface area (TPSA) is 82.8 Å². The van der Waals surface area contributed by atoms with Crippen LogP contribution < -0.4 is 4.90 Å². The molecule has 1 aromatic carbocycles. The van der Waals surface area contributed by atoms with Gasteiger partial charge in [0.2, 0.25) is 5.91 Å². The standard InChI is InChI=1S/C24H31N5O3S/c1-19(33-22-9-7-21(8-10-22)29(31)32)24(30)28-12-4-5-20(18-28)17-26-13-15-27(16-14-26)23-6-2-3-11-25-23/h2-3,6-11,19-20H,4-5,12-18H2,1H3/t19-,20+/m0/s1. The van der Waals surface area contributed by atoms with Crippen LogP contribution in [-0.4, -0.2) is 76.7 Å². The monoisotopic (exact) mass is 469 g/mol. The summed E-state index contributed by atoms with van der Waals surface area (Å²) in [5.74, 6) is 1.70. The molecule has 8 nitrogen and oxygen atoms in total. The minimum atomic E-state index is -0.407. The number of anilines is 1. The lowest BCUT2D eigenvalue weighted by Crippen LogP contribution is -2.51. The van der Waals surface area contributed by atoms with Gasteiger partial charge in [-0.2, -0.15) is 0 Å². The average molecular weight is 470 g/mol. The molecular weight excluding hydrogens is 438 g/mol. The van der Waals surface area contributed by atoms with Gasteiger partial charge >= 0.3 is 0 Å². The van der Waals surface area contributed by atoms with Gasteiger partial charge in [0.25, 0.3) is 5.69 Å². The Labute approximate surface area is 199 Å². The highest BCUT2D eigenvalue weighted by molar-refractivity contribution is 8.00. The van der Waals surface area contributed by atoms with Crippen molar-refractivity contribution in [1.82, 2.24) is 14.8 Å². The summed E-state index contributed by atoms with van der Waals surface area (Å²) >= 11 is 1.47. The second-order valence-corrected chi connectivity index (χ2v) is 10.2. The maximum atomic E-state index is 13.1. The Bertz CT molecular complexity index is 935. The second-order valence-electron chi connectivity index (χ2n) is 8.78. The van der Waals surface area contributed by atoms with Gasteiger partial charge in [0.1, 0.15) is 5.82 Å². The Morgan fingerprint density at radius 1 is 1.15 bits per heavy atom. The molecule has 2 aromatic rings. The summed E-state index contributed by atoms with van der Waals surface area (Å²) in [5.41, 5.74) is 0.0677. The van der Waals surface area contributed by atoms with E-state index in [1.807, 2.05) is 30.2 Å². The van der Waals surface area contributed by atoms with Crippen molar-refractivity contribution < 1.29 is 9.72 Å². The Balaban J connectivity index is 1.25. The minimum Gasteiger partial charge on any atom is -0.354 e. The van der Waals surface area contributed by atoms with Crippen LogP contribution in [0.4, 0.5) is 11.5 Å². The number of amides is 1. The molecule has 2 fully saturated rings. The van der Waals surface area contributed by atoms with Gasteiger partial charge in [0.05, 0.1) is 10.2 Å². The number of carbonyl (C=O) groups excluding carboxylic acids is 1. The molecule has 2 aliphatic heterocycles. The second kappa shape index (κ2) is 11.0. The van der Waals surface area contributed by atoms with Crippen molar-refractivity contribution in [3.8, 4) is 0 Å². The van der Waals surface area contributed by atoms with Crippen LogP contribution >= 0.6 is 11.8 Å². The third-order valence-electron chi connectivity index (χ3n) is 6.40. The van der Waals surface area contributed by atoms with Crippen LogP contribution in [0.5, 0.6) is 0 Å². The third-order valence-corrected chi connectivity index (χ3v) is 7.50. The normalized spacial score (nSPS) is 20.5. The van der Waals surface area contributed by atoms with Crippen molar-refractivity contribution in [3.05, 3.63) is 58.8 Å². The molecule has 0 unspecified atom stereocenters. The predicted octanol–water partition coefficient (Wildman–Crippen LogP) is 3.53. The number of thioether (sulfide) groups is 1. The van der Waals surface area contributed by atoms with E-state index < -0.39 is 4.92 Å². The molecule has 4 rings (SSSR count). The summed E-state index contributed by atoms with van der Waals surface area (Å²) < 4.78 is 0. The molecular formula is C24H31N5O3S. The van der Waals surface area contributed by atoms with Crippen molar-refractivity contribution in [1.29, 1.82) is 0 Å². The van der Waals surface area contributed by atoms with E-state index in [2.05, 4.69) is 20.9 Å². The molecule has 1 aromatic heterocycles. The molecule has 0 spiro atoms. The number of nitro benzene ring substituents is 1. The van der Waals surface area contributed by atoms with Gasteiger partial charge in [-0.1, -0.05) is 6.07 Å². The van der Waals surface area contributed by atoms with Crippen LogP contribution in [0.15, 0.2) is 53.6 Å². The SMILES string of the molecule is C[C@H](Sc1ccc([N+](=O)[O-])cc1)C(=O)N1CCC[C@H](CN2CCN(c3ccccn3)CC2)C1. The number of non-ortho nitro benzene ring substituents is 1. The number of piperazine rings is 1. The Kier molecular flexibility index (Phi) is 7.82. The number of nitro groups is 1. The van der Waals surface area contributed by atoms with Gasteiger partial charge in [-0.05, 0) is 49.9 Å². The van der Waals surface area contributed by atoms with Crippen LogP contribution in [0.1, 0.15) is 19.8 Å². The van der Waals surface area contributed by atoms with Gasteiger partial charge in [-0.25, -0.2) is 4.98 Å². The smallest absolute Gasteiger partial charge is 0.269 e. The molecule has 0 N–H and O–H groups in total. The number of rotatable bonds is 7. The van der Waals surface area contributed by atoms with Gasteiger partial charge in [0.15, 0.2) is 0 Å². The summed E-state index contributed by atoms with van der Waals surface area (Å²) in [6.07, 6.45) is 4.05. The zero-order chi connectivity index (χ0) is 23.2. The van der Waals surface area contributed by atoms with E-state index in [0.717, 1.165) is 69.4 Å². The molecule has 0 radical (unpaired) electrons. The van der Waals surface area contributed by atoms with Crippen LogP contribution in [-0.2, 0) is 4.79 Å². The van der Waals surface area contributed by atoms with Crippen LogP contribution in [0, 0.1) is 16.0 Å². The fourth-order valence-corrected chi connectivity index (χ4v) is 5.59. The number of piperidine rings is 1. The molecule has 0 aliphatic carbocycles. The van der Waals surface area contributed by atoms with Gasteiger partial charge in [0, 0.05) is 69.0 Å². The van der Waals surface area contributed by atoms with Crippen LogP contribution in [0.3, 0.4) is 0 Å². The number of carbonyl (C=O) groups is 1. The lowest BCUT2D eigenvalue weighted by Gasteiger charge is -2.40. The van der Waals surface area contributed by atoms with Crippen LogP contribution in [0.2, 0.25) is 0 Å². The lowest BCUT2D eigenvalue weighted by atomic mass is 9.97. The number of aromatic nitrogens is 1. The summed E-state index contributed by atoms with van der Waals surface area (Å²) in [7, 11) is 0. The van der Waals surface area contributed by atoms with Crippen molar-refractivity contribution in [3.63, 3.8) is 0 Å². The van der Waals surface area contributed by atoms with Crippen molar-refractivity contribution >= 4 is 29.2 Å². The molecule has 3 heterocycles. The van der Waals surface area contributed by atoms with Crippen molar-refractivity contribution in [2.75, 3.05) is 50.7 Å². The van der Waals surface area contributed by atoms with Gasteiger partial charge in [-0.3, -0.25) is 19.8 Å². The largest absolute Gasteiger partial charge is 0.354 e. The number of pyridine rings is 1. The zero-order valence-electron chi connectivity index (χ0n) is 19.0. The Morgan fingerprint density at radius 3 is 2.58 bits per heavy atom. The average Bonchev–Trinajstić information content (AvgIpc) is 2.85. The fourth-order valence-electron chi connectivity index (χ4n) is 4.64. The van der Waals surface area contributed by atoms with E-state index in [9.17, 15) is 14.9 Å². The Hall–Kier alpha value is -2.65. The molecule has 2 atom stereocenters. The van der Waals surface area contributed by atoms with E-state index in [1.54, 1.807) is 12.1 Å². The van der Waals surface area contributed by atoms with E-state index >= 15 is 0 Å². The van der Waals surface area contributed by atoms with Crippen LogP contribution in [0.25, 0.3) is 0 Å². The number of hydrogen-bond acceptors (Lipinski definition) is 7. The first-order chi connectivity index (χ1) is 16.0. The first kappa shape index (κ1) is 23.5. The van der Waals surface area contributed by atoms with E-state index in [1.165, 1.54) is 23.9 Å². The van der Waals surface area contributed by atoms with Gasteiger partial charge < -0.3 is 9.80 Å². The first-order valence-corrected chi connectivity index (χ1v) is 12.5. The molecule has 33 heavy (non-hydrogen) atoms. The Morgan fingerprint density at radius 2 is 1.91 bits per heavy atom. The molecule has 9 heteroatoms. The highest BCUT2D eigenvalue weighted by Crippen LogP contribution is 2.28. The third kappa shape index (κ3) is 6.23. The molecule has 2 saturated heterocycles. The molecule has 0 bridgehead atoms. The number of benzene rings is 1. The summed E-state index contributed by atoms with van der Waals surface area (Å²) in [6, 6.07) is 12.5. The van der Waals surface area contributed by atoms with E-state index in [4.69, 9.17) is 0 Å². The fraction of sp³-hybridized carbons (Fsp3) is 0.500. The van der Waals surface area contributed by atoms with Crippen molar-refractivity contribution in [2.24, 2.45) is 5.92 Å². The lowest BCUT2D eigenvalue weighted by molar-refractivity contribution is -0.384. The number of hydrogen-bond donors (Lipinski definition) is 0.